The summed E-state index contributed by atoms with van der Waals surface area (Å²) in [5.41, 5.74) is 5.48. The number of hydrogen-bond donors (Lipinski definition) is 1. The molecule has 0 spiro atoms. The zero-order valence-electron chi connectivity index (χ0n) is 5.97. The molecule has 6 heteroatoms. The molecule has 0 atom stereocenters. The second-order valence-corrected chi connectivity index (χ2v) is 3.94. The molecule has 2 N–H and O–H groups in total. The molecule has 0 aromatic carbocycles. The third-order valence-corrected chi connectivity index (χ3v) is 2.10. The Hall–Kier alpha value is -0.190. The van der Waals surface area contributed by atoms with Crippen molar-refractivity contribution in [1.29, 1.82) is 0 Å². The molecule has 3 nitrogen and oxygen atoms in total. The fraction of sp³-hybridized carbons (Fsp3) is 0.167. The molecule has 0 unspecified atom stereocenters. The first-order chi connectivity index (χ1) is 5.59. The summed E-state index contributed by atoms with van der Waals surface area (Å²) in [4.78, 5) is 0. The van der Waals surface area contributed by atoms with Gasteiger partial charge in [0.05, 0.1) is 11.0 Å². The quantitative estimate of drug-likeness (QED) is 0.898. The maximum Gasteiger partial charge on any atom is 0.159 e. The average Bonchev–Trinajstić information content (AvgIpc) is 2.28. The highest BCUT2D eigenvalue weighted by molar-refractivity contribution is 9.10. The predicted octanol–water partition coefficient (Wildman–Crippen LogP) is 2.55. The minimum absolute atomic E-state index is 0.222. The Morgan fingerprint density at radius 3 is 2.83 bits per heavy atom. The van der Waals surface area contributed by atoms with Crippen LogP contribution < -0.4 is 5.73 Å². The Morgan fingerprint density at radius 2 is 2.42 bits per heavy atom. The van der Waals surface area contributed by atoms with E-state index in [2.05, 4.69) is 21.0 Å². The summed E-state index contributed by atoms with van der Waals surface area (Å²) in [5.74, 6) is 0.453. The smallest absolute Gasteiger partial charge is 0.159 e. The van der Waals surface area contributed by atoms with E-state index in [0.717, 1.165) is 4.47 Å². The zero-order valence-corrected chi connectivity index (χ0v) is 9.07. The van der Waals surface area contributed by atoms with Crippen molar-refractivity contribution in [2.75, 3.05) is 5.73 Å². The van der Waals surface area contributed by atoms with Gasteiger partial charge in [-0.3, -0.25) is 4.68 Å². The van der Waals surface area contributed by atoms with Gasteiger partial charge in [-0.05, 0) is 22.0 Å². The molecule has 0 fully saturated rings. The maximum absolute atomic E-state index is 5.48. The molecule has 0 aliphatic heterocycles. The highest BCUT2D eigenvalue weighted by Gasteiger charge is 1.99. The van der Waals surface area contributed by atoms with Crippen LogP contribution in [0.4, 0.5) is 5.82 Å². The third kappa shape index (κ3) is 2.69. The normalized spacial score (nSPS) is 9.92. The molecule has 0 aliphatic rings. The molecule has 1 aromatic heterocycles. The van der Waals surface area contributed by atoms with Crippen LogP contribution >= 0.6 is 39.1 Å². The average molecular weight is 271 g/mol. The van der Waals surface area contributed by atoms with Gasteiger partial charge < -0.3 is 5.73 Å². The van der Waals surface area contributed by atoms with Crippen LogP contribution in [0, 0.1) is 0 Å². The lowest BCUT2D eigenvalue weighted by molar-refractivity contribution is 0.705. The van der Waals surface area contributed by atoms with Gasteiger partial charge >= 0.3 is 0 Å². The van der Waals surface area contributed by atoms with Gasteiger partial charge in [0.1, 0.15) is 4.49 Å². The van der Waals surface area contributed by atoms with E-state index in [1.807, 2.05) is 0 Å². The summed E-state index contributed by atoms with van der Waals surface area (Å²) in [5, 5.41) is 3.97. The van der Waals surface area contributed by atoms with E-state index in [-0.39, 0.29) is 4.49 Å². The molecular weight excluding hydrogens is 265 g/mol. The van der Waals surface area contributed by atoms with Crippen LogP contribution in [0.5, 0.6) is 0 Å². The predicted molar refractivity (Wildman–Crippen MR) is 54.1 cm³/mol. The number of aromatic nitrogens is 2. The topological polar surface area (TPSA) is 43.8 Å². The van der Waals surface area contributed by atoms with Crippen molar-refractivity contribution in [3.8, 4) is 0 Å². The Kier molecular flexibility index (Phi) is 3.43. The van der Waals surface area contributed by atoms with Crippen LogP contribution in [0.2, 0.25) is 0 Å². The second-order valence-electron chi connectivity index (χ2n) is 2.08. The van der Waals surface area contributed by atoms with E-state index in [1.54, 1.807) is 17.0 Å². The SMILES string of the molecule is Nc1nn(CC=C(Cl)Cl)cc1Br. The first-order valence-corrected chi connectivity index (χ1v) is 4.64. The van der Waals surface area contributed by atoms with E-state index in [9.17, 15) is 0 Å². The Labute approximate surface area is 88.3 Å². The van der Waals surface area contributed by atoms with Crippen molar-refractivity contribution >= 4 is 44.9 Å². The van der Waals surface area contributed by atoms with Gasteiger partial charge in [-0.15, -0.1) is 0 Å². The maximum atomic E-state index is 5.48. The van der Waals surface area contributed by atoms with Gasteiger partial charge in [0, 0.05) is 6.20 Å². The Balaban J connectivity index is 2.71. The van der Waals surface area contributed by atoms with E-state index in [0.29, 0.717) is 12.4 Å². The lowest BCUT2D eigenvalue weighted by Crippen LogP contribution is -1.96. The fourth-order valence-electron chi connectivity index (χ4n) is 0.668. The van der Waals surface area contributed by atoms with Crippen molar-refractivity contribution < 1.29 is 0 Å². The van der Waals surface area contributed by atoms with Crippen LogP contribution in [0.15, 0.2) is 21.2 Å². The summed E-state index contributed by atoms with van der Waals surface area (Å²) >= 11 is 14.1. The standard InChI is InChI=1S/C6H6BrCl2N3/c7-4-3-12(11-6(4)10)2-1-5(8)9/h1,3H,2H2,(H2,10,11). The van der Waals surface area contributed by atoms with Crippen LogP contribution in [-0.4, -0.2) is 9.78 Å². The molecule has 0 aliphatic carbocycles. The van der Waals surface area contributed by atoms with Gasteiger partial charge in [0.25, 0.3) is 0 Å². The molecule has 0 radical (unpaired) electrons. The summed E-state index contributed by atoms with van der Waals surface area (Å²) in [6.45, 7) is 0.512. The van der Waals surface area contributed by atoms with Gasteiger partial charge in [-0.2, -0.15) is 5.10 Å². The molecule has 0 amide bonds. The summed E-state index contributed by atoms with van der Waals surface area (Å²) in [6.07, 6.45) is 3.38. The van der Waals surface area contributed by atoms with Crippen LogP contribution in [-0.2, 0) is 6.54 Å². The first kappa shape index (κ1) is 9.89. The summed E-state index contributed by atoms with van der Waals surface area (Å²) in [7, 11) is 0. The highest BCUT2D eigenvalue weighted by atomic mass is 79.9. The van der Waals surface area contributed by atoms with E-state index >= 15 is 0 Å². The summed E-state index contributed by atoms with van der Waals surface area (Å²) < 4.78 is 2.62. The van der Waals surface area contributed by atoms with E-state index < -0.39 is 0 Å². The van der Waals surface area contributed by atoms with Gasteiger partial charge in [-0.25, -0.2) is 0 Å². The number of rotatable bonds is 2. The Morgan fingerprint density at radius 1 is 1.75 bits per heavy atom. The van der Waals surface area contributed by atoms with Crippen LogP contribution in [0.1, 0.15) is 0 Å². The van der Waals surface area contributed by atoms with Crippen molar-refractivity contribution in [3.05, 3.63) is 21.2 Å². The molecule has 0 bridgehead atoms. The highest BCUT2D eigenvalue weighted by Crippen LogP contribution is 2.16. The van der Waals surface area contributed by atoms with Gasteiger partial charge in [-0.1, -0.05) is 23.2 Å². The largest absolute Gasteiger partial charge is 0.381 e. The number of allylic oxidation sites excluding steroid dienone is 1. The molecule has 66 valence electrons. The molecule has 1 aromatic rings. The molecule has 12 heavy (non-hydrogen) atoms. The first-order valence-electron chi connectivity index (χ1n) is 3.09. The number of hydrogen-bond acceptors (Lipinski definition) is 2. The number of halogens is 3. The lowest BCUT2D eigenvalue weighted by Gasteiger charge is -1.92. The monoisotopic (exact) mass is 269 g/mol. The van der Waals surface area contributed by atoms with Crippen molar-refractivity contribution in [2.24, 2.45) is 0 Å². The molecule has 0 saturated carbocycles. The van der Waals surface area contributed by atoms with E-state index in [1.165, 1.54) is 0 Å². The van der Waals surface area contributed by atoms with Crippen molar-refractivity contribution in [3.63, 3.8) is 0 Å². The minimum atomic E-state index is 0.222. The third-order valence-electron chi connectivity index (χ3n) is 1.18. The van der Waals surface area contributed by atoms with Crippen molar-refractivity contribution in [2.45, 2.75) is 6.54 Å². The van der Waals surface area contributed by atoms with E-state index in [4.69, 9.17) is 28.9 Å². The fourth-order valence-corrected chi connectivity index (χ4v) is 1.12. The Bertz CT molecular complexity index is 284. The van der Waals surface area contributed by atoms with Crippen LogP contribution in [0.3, 0.4) is 0 Å². The number of nitrogen functional groups attached to an aromatic ring is 1. The number of nitrogens with two attached hydrogens (primary N) is 1. The zero-order chi connectivity index (χ0) is 9.14. The summed E-state index contributed by atoms with van der Waals surface area (Å²) in [6, 6.07) is 0. The number of nitrogens with zero attached hydrogens (tertiary/aromatic N) is 2. The molecule has 0 saturated heterocycles. The van der Waals surface area contributed by atoms with Gasteiger partial charge in [0.15, 0.2) is 5.82 Å². The minimum Gasteiger partial charge on any atom is -0.381 e. The molecular formula is C6H6BrCl2N3. The number of anilines is 1. The van der Waals surface area contributed by atoms with Crippen LogP contribution in [0.25, 0.3) is 0 Å². The molecule has 1 heterocycles. The lowest BCUT2D eigenvalue weighted by atomic mass is 10.6. The molecule has 1 rings (SSSR count). The van der Waals surface area contributed by atoms with Gasteiger partial charge in [0.2, 0.25) is 0 Å². The van der Waals surface area contributed by atoms with Crippen molar-refractivity contribution in [1.82, 2.24) is 9.78 Å². The second kappa shape index (κ2) is 4.16.